The van der Waals surface area contributed by atoms with Gasteiger partial charge in [0.05, 0.1) is 5.60 Å². The molecule has 0 radical (unpaired) electrons. The molecule has 0 saturated heterocycles. The van der Waals surface area contributed by atoms with Gasteiger partial charge >= 0.3 is 0 Å². The maximum atomic E-state index is 5.48. The Balaban J connectivity index is 2.53. The molecule has 2 nitrogen and oxygen atoms in total. The molecule has 0 bridgehead atoms. The minimum absolute atomic E-state index is 0.0256. The number of ether oxygens (including phenoxy) is 1. The minimum atomic E-state index is -0.0256. The van der Waals surface area contributed by atoms with Crippen molar-refractivity contribution in [1.29, 1.82) is 0 Å². The van der Waals surface area contributed by atoms with Crippen molar-refractivity contribution in [1.82, 2.24) is 5.32 Å². The highest BCUT2D eigenvalue weighted by Gasteiger charge is 2.20. The molecule has 1 heterocycles. The van der Waals surface area contributed by atoms with Crippen molar-refractivity contribution in [3.8, 4) is 0 Å². The summed E-state index contributed by atoms with van der Waals surface area (Å²) in [6.07, 6.45) is 3.37. The van der Waals surface area contributed by atoms with Crippen LogP contribution in [0.1, 0.15) is 51.6 Å². The van der Waals surface area contributed by atoms with Crippen molar-refractivity contribution >= 4 is 11.3 Å². The van der Waals surface area contributed by atoms with Gasteiger partial charge in [-0.1, -0.05) is 6.92 Å². The summed E-state index contributed by atoms with van der Waals surface area (Å²) in [5.41, 5.74) is 1.39. The van der Waals surface area contributed by atoms with Crippen LogP contribution < -0.4 is 5.32 Å². The Hall–Kier alpha value is -0.380. The zero-order valence-corrected chi connectivity index (χ0v) is 12.3. The molecule has 0 amide bonds. The summed E-state index contributed by atoms with van der Waals surface area (Å²) in [5.74, 6) is 0. The van der Waals surface area contributed by atoms with Crippen molar-refractivity contribution in [2.24, 2.45) is 0 Å². The topological polar surface area (TPSA) is 21.3 Å². The fourth-order valence-corrected chi connectivity index (χ4v) is 2.49. The van der Waals surface area contributed by atoms with Gasteiger partial charge in [-0.2, -0.15) is 11.3 Å². The van der Waals surface area contributed by atoms with Gasteiger partial charge in [-0.3, -0.25) is 0 Å². The summed E-state index contributed by atoms with van der Waals surface area (Å²) in [6.45, 7) is 7.58. The molecule has 0 aromatic carbocycles. The Kier molecular flexibility index (Phi) is 6.17. The largest absolute Gasteiger partial charge is 0.379 e. The van der Waals surface area contributed by atoms with Crippen LogP contribution in [0.3, 0.4) is 0 Å². The van der Waals surface area contributed by atoms with E-state index in [1.165, 1.54) is 12.0 Å². The Morgan fingerprint density at radius 2 is 2.24 bits per heavy atom. The van der Waals surface area contributed by atoms with E-state index in [1.54, 1.807) is 18.4 Å². The van der Waals surface area contributed by atoms with Gasteiger partial charge in [0.15, 0.2) is 0 Å². The van der Waals surface area contributed by atoms with Gasteiger partial charge in [0.1, 0.15) is 0 Å². The molecular weight excluding hydrogens is 230 g/mol. The lowest BCUT2D eigenvalue weighted by molar-refractivity contribution is 0.0117. The minimum Gasteiger partial charge on any atom is -0.379 e. The van der Waals surface area contributed by atoms with Gasteiger partial charge in [0.2, 0.25) is 0 Å². The number of hydrogen-bond acceptors (Lipinski definition) is 3. The van der Waals surface area contributed by atoms with E-state index in [2.05, 4.69) is 42.9 Å². The number of rotatable bonds is 8. The second-order valence-electron chi connectivity index (χ2n) is 5.07. The molecule has 1 aromatic heterocycles. The van der Waals surface area contributed by atoms with Crippen LogP contribution in [0.5, 0.6) is 0 Å². The Morgan fingerprint density at radius 3 is 2.76 bits per heavy atom. The summed E-state index contributed by atoms with van der Waals surface area (Å²) in [5, 5.41) is 8.01. The van der Waals surface area contributed by atoms with Gasteiger partial charge in [-0.15, -0.1) is 0 Å². The number of thiophene rings is 1. The second-order valence-corrected chi connectivity index (χ2v) is 5.85. The summed E-state index contributed by atoms with van der Waals surface area (Å²) < 4.78 is 5.48. The number of nitrogens with one attached hydrogen (secondary N) is 1. The van der Waals surface area contributed by atoms with Gasteiger partial charge in [0.25, 0.3) is 0 Å². The molecule has 98 valence electrons. The third-order valence-electron chi connectivity index (χ3n) is 3.17. The summed E-state index contributed by atoms with van der Waals surface area (Å²) in [4.78, 5) is 0. The van der Waals surface area contributed by atoms with Gasteiger partial charge in [-0.25, -0.2) is 0 Å². The lowest BCUT2D eigenvalue weighted by Crippen LogP contribution is -2.27. The molecule has 17 heavy (non-hydrogen) atoms. The van der Waals surface area contributed by atoms with Crippen molar-refractivity contribution in [2.75, 3.05) is 13.7 Å². The molecule has 0 saturated carbocycles. The molecule has 1 rings (SSSR count). The van der Waals surface area contributed by atoms with E-state index in [-0.39, 0.29) is 5.60 Å². The smallest absolute Gasteiger partial charge is 0.0623 e. The number of hydrogen-bond donors (Lipinski definition) is 1. The molecule has 0 aliphatic rings. The maximum Gasteiger partial charge on any atom is 0.0623 e. The zero-order chi connectivity index (χ0) is 12.7. The first kappa shape index (κ1) is 14.7. The zero-order valence-electron chi connectivity index (χ0n) is 11.5. The quantitative estimate of drug-likeness (QED) is 0.758. The maximum absolute atomic E-state index is 5.48. The molecule has 1 N–H and O–H groups in total. The third kappa shape index (κ3) is 5.19. The SMILES string of the molecule is CCCNC(CCC(C)(C)OC)c1ccsc1. The van der Waals surface area contributed by atoms with E-state index in [1.807, 2.05) is 0 Å². The Morgan fingerprint density at radius 1 is 1.47 bits per heavy atom. The monoisotopic (exact) mass is 255 g/mol. The predicted octanol–water partition coefficient (Wildman–Crippen LogP) is 3.99. The predicted molar refractivity (Wildman–Crippen MR) is 75.7 cm³/mol. The molecule has 1 unspecified atom stereocenters. The van der Waals surface area contributed by atoms with Crippen LogP contribution in [0.15, 0.2) is 16.8 Å². The molecular formula is C14H25NOS. The van der Waals surface area contributed by atoms with E-state index < -0.39 is 0 Å². The average Bonchev–Trinajstić information content (AvgIpc) is 2.83. The first-order valence-corrected chi connectivity index (χ1v) is 7.34. The first-order chi connectivity index (χ1) is 8.09. The Labute approximate surface area is 109 Å². The van der Waals surface area contributed by atoms with Crippen molar-refractivity contribution in [2.45, 2.75) is 51.7 Å². The van der Waals surface area contributed by atoms with Crippen LogP contribution >= 0.6 is 11.3 Å². The van der Waals surface area contributed by atoms with E-state index in [4.69, 9.17) is 4.74 Å². The van der Waals surface area contributed by atoms with Gasteiger partial charge < -0.3 is 10.1 Å². The van der Waals surface area contributed by atoms with Crippen LogP contribution in [0.25, 0.3) is 0 Å². The van der Waals surface area contributed by atoms with Crippen molar-refractivity contribution in [3.05, 3.63) is 22.4 Å². The molecule has 0 spiro atoms. The van der Waals surface area contributed by atoms with Crippen molar-refractivity contribution in [3.63, 3.8) is 0 Å². The normalized spacial score (nSPS) is 13.9. The highest BCUT2D eigenvalue weighted by molar-refractivity contribution is 7.07. The molecule has 0 fully saturated rings. The number of methoxy groups -OCH3 is 1. The summed E-state index contributed by atoms with van der Waals surface area (Å²) >= 11 is 1.77. The van der Waals surface area contributed by atoms with E-state index in [0.717, 1.165) is 19.4 Å². The van der Waals surface area contributed by atoms with Crippen LogP contribution in [0, 0.1) is 0 Å². The van der Waals surface area contributed by atoms with Gasteiger partial charge in [0, 0.05) is 13.2 Å². The average molecular weight is 255 g/mol. The fourth-order valence-electron chi connectivity index (χ4n) is 1.77. The molecule has 0 aliphatic carbocycles. The standard InChI is InChI=1S/C14H25NOS/c1-5-9-15-13(12-7-10-17-11-12)6-8-14(2,3)16-4/h7,10-11,13,15H,5-6,8-9H2,1-4H3. The van der Waals surface area contributed by atoms with Crippen LogP contribution in [-0.2, 0) is 4.74 Å². The van der Waals surface area contributed by atoms with Gasteiger partial charge in [-0.05, 0) is 62.0 Å². The molecule has 0 aliphatic heterocycles. The molecule has 1 atom stereocenters. The highest BCUT2D eigenvalue weighted by Crippen LogP contribution is 2.25. The molecule has 1 aromatic rings. The Bertz CT molecular complexity index is 295. The lowest BCUT2D eigenvalue weighted by Gasteiger charge is -2.26. The first-order valence-electron chi connectivity index (χ1n) is 6.39. The van der Waals surface area contributed by atoms with E-state index >= 15 is 0 Å². The van der Waals surface area contributed by atoms with Crippen molar-refractivity contribution < 1.29 is 4.74 Å². The van der Waals surface area contributed by atoms with E-state index in [9.17, 15) is 0 Å². The van der Waals surface area contributed by atoms with Crippen LogP contribution in [0.4, 0.5) is 0 Å². The van der Waals surface area contributed by atoms with E-state index in [0.29, 0.717) is 6.04 Å². The van der Waals surface area contributed by atoms with Crippen LogP contribution in [0.2, 0.25) is 0 Å². The highest BCUT2D eigenvalue weighted by atomic mass is 32.1. The fraction of sp³-hybridized carbons (Fsp3) is 0.714. The summed E-state index contributed by atoms with van der Waals surface area (Å²) in [6, 6.07) is 2.69. The molecule has 3 heteroatoms. The van der Waals surface area contributed by atoms with Crippen LogP contribution in [-0.4, -0.2) is 19.3 Å². The second kappa shape index (κ2) is 7.14. The lowest BCUT2D eigenvalue weighted by atomic mass is 9.96. The summed E-state index contributed by atoms with van der Waals surface area (Å²) in [7, 11) is 1.79. The third-order valence-corrected chi connectivity index (χ3v) is 3.88.